The van der Waals surface area contributed by atoms with Crippen LogP contribution in [0.4, 0.5) is 0 Å². The Balaban J connectivity index is 2.10. The lowest BCUT2D eigenvalue weighted by Gasteiger charge is -1.97. The number of hydrogen-bond donors (Lipinski definition) is 0. The number of nitrogens with zero attached hydrogens (tertiary/aromatic N) is 3. The highest BCUT2D eigenvalue weighted by Gasteiger charge is 2.05. The molecule has 5 heteroatoms. The van der Waals surface area contributed by atoms with Gasteiger partial charge in [-0.25, -0.2) is 9.50 Å². The molecule has 2 aromatic heterocycles. The molecule has 1 aromatic carbocycles. The lowest BCUT2D eigenvalue weighted by Crippen LogP contribution is -1.93. The van der Waals surface area contributed by atoms with Crippen molar-refractivity contribution in [3.8, 4) is 17.1 Å². The van der Waals surface area contributed by atoms with Crippen LogP contribution in [-0.4, -0.2) is 21.7 Å². The van der Waals surface area contributed by atoms with Gasteiger partial charge >= 0.3 is 0 Å². The Morgan fingerprint density at radius 2 is 1.89 bits per heavy atom. The number of ether oxygens (including phenoxy) is 1. The van der Waals surface area contributed by atoms with Gasteiger partial charge in [-0.05, 0) is 18.2 Å². The summed E-state index contributed by atoms with van der Waals surface area (Å²) in [7, 11) is 1.59. The molecule has 0 aliphatic carbocycles. The van der Waals surface area contributed by atoms with Gasteiger partial charge in [0.1, 0.15) is 0 Å². The fourth-order valence-electron chi connectivity index (χ4n) is 1.73. The topological polar surface area (TPSA) is 39.4 Å². The molecular weight excluding hydrogens is 250 g/mol. The van der Waals surface area contributed by atoms with Gasteiger partial charge in [-0.1, -0.05) is 23.7 Å². The molecule has 0 aliphatic heterocycles. The van der Waals surface area contributed by atoms with Crippen LogP contribution < -0.4 is 4.74 Å². The first-order valence-electron chi connectivity index (χ1n) is 5.42. The maximum Gasteiger partial charge on any atom is 0.231 e. The van der Waals surface area contributed by atoms with E-state index >= 15 is 0 Å². The largest absolute Gasteiger partial charge is 0.480 e. The van der Waals surface area contributed by atoms with Crippen LogP contribution in [0.2, 0.25) is 5.02 Å². The predicted molar refractivity (Wildman–Crippen MR) is 70.0 cm³/mol. The van der Waals surface area contributed by atoms with Crippen LogP contribution in [0.5, 0.6) is 5.88 Å². The molecule has 0 aliphatic rings. The molecule has 4 nitrogen and oxygen atoms in total. The molecule has 0 fully saturated rings. The van der Waals surface area contributed by atoms with Crippen molar-refractivity contribution in [2.24, 2.45) is 0 Å². The van der Waals surface area contributed by atoms with Crippen molar-refractivity contribution >= 4 is 17.2 Å². The zero-order valence-electron chi connectivity index (χ0n) is 9.67. The van der Waals surface area contributed by atoms with Gasteiger partial charge in [0.05, 0.1) is 19.0 Å². The van der Waals surface area contributed by atoms with E-state index in [-0.39, 0.29) is 0 Å². The first kappa shape index (κ1) is 11.0. The maximum atomic E-state index is 5.86. The third-order valence-electron chi connectivity index (χ3n) is 2.64. The number of benzene rings is 1. The Hall–Kier alpha value is -2.07. The molecule has 0 amide bonds. The molecule has 2 heterocycles. The van der Waals surface area contributed by atoms with Gasteiger partial charge in [0, 0.05) is 16.7 Å². The van der Waals surface area contributed by atoms with E-state index in [1.54, 1.807) is 17.7 Å². The molecule has 0 saturated heterocycles. The zero-order valence-corrected chi connectivity index (χ0v) is 10.4. The van der Waals surface area contributed by atoms with Crippen LogP contribution in [-0.2, 0) is 0 Å². The minimum atomic E-state index is 0.558. The van der Waals surface area contributed by atoms with Crippen LogP contribution in [0, 0.1) is 0 Å². The number of rotatable bonds is 2. The highest BCUT2D eigenvalue weighted by Crippen LogP contribution is 2.21. The van der Waals surface area contributed by atoms with Crippen molar-refractivity contribution in [2.75, 3.05) is 7.11 Å². The summed E-state index contributed by atoms with van der Waals surface area (Å²) in [5, 5.41) is 4.97. The molecule has 0 radical (unpaired) electrons. The Kier molecular flexibility index (Phi) is 2.64. The van der Waals surface area contributed by atoms with Crippen LogP contribution in [0.15, 0.2) is 42.6 Å². The van der Waals surface area contributed by atoms with Crippen molar-refractivity contribution in [1.82, 2.24) is 14.6 Å². The predicted octanol–water partition coefficient (Wildman–Crippen LogP) is 3.06. The molecule has 0 bridgehead atoms. The van der Waals surface area contributed by atoms with Gasteiger partial charge in [-0.15, -0.1) is 5.10 Å². The summed E-state index contributed by atoms with van der Waals surface area (Å²) in [6.45, 7) is 0. The molecule has 0 N–H and O–H groups in total. The van der Waals surface area contributed by atoms with Crippen molar-refractivity contribution in [2.45, 2.75) is 0 Å². The first-order chi connectivity index (χ1) is 8.76. The van der Waals surface area contributed by atoms with Crippen LogP contribution >= 0.6 is 11.6 Å². The van der Waals surface area contributed by atoms with Crippen LogP contribution in [0.1, 0.15) is 0 Å². The van der Waals surface area contributed by atoms with E-state index in [0.29, 0.717) is 10.9 Å². The summed E-state index contributed by atoms with van der Waals surface area (Å²) in [4.78, 5) is 4.49. The van der Waals surface area contributed by atoms with Gasteiger partial charge in [-0.3, -0.25) is 0 Å². The Labute approximate surface area is 109 Å². The van der Waals surface area contributed by atoms with Crippen molar-refractivity contribution in [3.63, 3.8) is 0 Å². The van der Waals surface area contributed by atoms with Gasteiger partial charge in [0.25, 0.3) is 0 Å². The number of imidazole rings is 1. The summed E-state index contributed by atoms with van der Waals surface area (Å²) >= 11 is 5.86. The summed E-state index contributed by atoms with van der Waals surface area (Å²) < 4.78 is 6.77. The van der Waals surface area contributed by atoms with Gasteiger partial charge in [-0.2, -0.15) is 0 Å². The molecule has 0 spiro atoms. The second kappa shape index (κ2) is 4.31. The van der Waals surface area contributed by atoms with E-state index in [4.69, 9.17) is 16.3 Å². The fraction of sp³-hybridized carbons (Fsp3) is 0.0769. The van der Waals surface area contributed by atoms with E-state index in [2.05, 4.69) is 10.1 Å². The summed E-state index contributed by atoms with van der Waals surface area (Å²) in [6.07, 6.45) is 1.86. The highest BCUT2D eigenvalue weighted by atomic mass is 35.5. The summed E-state index contributed by atoms with van der Waals surface area (Å²) in [5.74, 6) is 0.558. The van der Waals surface area contributed by atoms with E-state index < -0.39 is 0 Å². The standard InChI is InChI=1S/C13H10ClN3O/c1-18-13-7-6-12-15-11(8-17(12)16-13)9-2-4-10(14)5-3-9/h2-8H,1H3. The molecule has 0 atom stereocenters. The Morgan fingerprint density at radius 3 is 2.61 bits per heavy atom. The second-order valence-corrected chi connectivity index (χ2v) is 4.25. The second-order valence-electron chi connectivity index (χ2n) is 3.81. The zero-order chi connectivity index (χ0) is 12.5. The van der Waals surface area contributed by atoms with E-state index in [1.165, 1.54) is 0 Å². The average Bonchev–Trinajstić information content (AvgIpc) is 2.82. The summed E-state index contributed by atoms with van der Waals surface area (Å²) in [6, 6.07) is 11.2. The highest BCUT2D eigenvalue weighted by molar-refractivity contribution is 6.30. The lowest BCUT2D eigenvalue weighted by molar-refractivity contribution is 0.390. The minimum Gasteiger partial charge on any atom is -0.480 e. The van der Waals surface area contributed by atoms with Gasteiger partial charge in [0.2, 0.25) is 5.88 Å². The third-order valence-corrected chi connectivity index (χ3v) is 2.90. The first-order valence-corrected chi connectivity index (χ1v) is 5.80. The lowest BCUT2D eigenvalue weighted by atomic mass is 10.2. The van der Waals surface area contributed by atoms with Crippen molar-refractivity contribution < 1.29 is 4.74 Å². The molecule has 0 unspecified atom stereocenters. The smallest absolute Gasteiger partial charge is 0.231 e. The number of hydrogen-bond acceptors (Lipinski definition) is 3. The van der Waals surface area contributed by atoms with E-state index in [9.17, 15) is 0 Å². The average molecular weight is 260 g/mol. The molecule has 0 saturated carbocycles. The Bertz CT molecular complexity index is 691. The fourth-order valence-corrected chi connectivity index (χ4v) is 1.86. The molecular formula is C13H10ClN3O. The number of aromatic nitrogens is 3. The molecule has 3 rings (SSSR count). The Morgan fingerprint density at radius 1 is 1.11 bits per heavy atom. The normalized spacial score (nSPS) is 10.8. The number of methoxy groups -OCH3 is 1. The molecule has 18 heavy (non-hydrogen) atoms. The number of fused-ring (bicyclic) bond motifs is 1. The van der Waals surface area contributed by atoms with E-state index in [1.807, 2.05) is 36.5 Å². The van der Waals surface area contributed by atoms with E-state index in [0.717, 1.165) is 16.9 Å². The summed E-state index contributed by atoms with van der Waals surface area (Å²) in [5.41, 5.74) is 2.64. The van der Waals surface area contributed by atoms with Crippen LogP contribution in [0.3, 0.4) is 0 Å². The minimum absolute atomic E-state index is 0.558. The maximum absolute atomic E-state index is 5.86. The van der Waals surface area contributed by atoms with Crippen LogP contribution in [0.25, 0.3) is 16.9 Å². The third kappa shape index (κ3) is 1.91. The molecule has 90 valence electrons. The van der Waals surface area contributed by atoms with Gasteiger partial charge in [0.15, 0.2) is 5.65 Å². The van der Waals surface area contributed by atoms with Crippen molar-refractivity contribution in [3.05, 3.63) is 47.6 Å². The van der Waals surface area contributed by atoms with Gasteiger partial charge < -0.3 is 4.74 Å². The SMILES string of the molecule is COc1ccc2nc(-c3ccc(Cl)cc3)cn2n1. The molecule has 3 aromatic rings. The monoisotopic (exact) mass is 259 g/mol. The quantitative estimate of drug-likeness (QED) is 0.710. The number of halogens is 1. The van der Waals surface area contributed by atoms with Crippen molar-refractivity contribution in [1.29, 1.82) is 0 Å².